The number of hydrogen-bond donors (Lipinski definition) is 1. The molecular formula is C20H20N2O5S. The molecule has 2 aromatic rings. The molecular weight excluding hydrogens is 380 g/mol. The van der Waals surface area contributed by atoms with Crippen molar-refractivity contribution >= 4 is 27.6 Å². The molecule has 7 nitrogen and oxygen atoms in total. The largest absolute Gasteiger partial charge is 0.453 e. The molecule has 0 amide bonds. The molecule has 1 aliphatic heterocycles. The summed E-state index contributed by atoms with van der Waals surface area (Å²) < 4.78 is 31.5. The second-order valence-electron chi connectivity index (χ2n) is 6.56. The summed E-state index contributed by atoms with van der Waals surface area (Å²) in [6.45, 7) is 4.94. The van der Waals surface area contributed by atoms with E-state index in [-0.39, 0.29) is 16.5 Å². The Morgan fingerprint density at radius 1 is 1.11 bits per heavy atom. The van der Waals surface area contributed by atoms with Crippen molar-refractivity contribution in [3.8, 4) is 0 Å². The lowest BCUT2D eigenvalue weighted by molar-refractivity contribution is -0.144. The van der Waals surface area contributed by atoms with Crippen LogP contribution >= 0.6 is 0 Å². The van der Waals surface area contributed by atoms with E-state index in [9.17, 15) is 18.0 Å². The first-order valence-electron chi connectivity index (χ1n) is 8.66. The fraction of sp³-hybridized carbons (Fsp3) is 0.250. The van der Waals surface area contributed by atoms with Gasteiger partial charge in [-0.2, -0.15) is 0 Å². The summed E-state index contributed by atoms with van der Waals surface area (Å²) in [4.78, 5) is 28.7. The molecule has 0 bridgehead atoms. The molecule has 0 spiro atoms. The number of fused-ring (bicyclic) bond motifs is 1. The molecule has 0 unspecified atom stereocenters. The van der Waals surface area contributed by atoms with Crippen LogP contribution in [0.1, 0.15) is 34.0 Å². The van der Waals surface area contributed by atoms with Crippen LogP contribution in [0.4, 0.5) is 0 Å². The van der Waals surface area contributed by atoms with Gasteiger partial charge >= 0.3 is 5.97 Å². The first-order chi connectivity index (χ1) is 13.2. The van der Waals surface area contributed by atoms with Crippen LogP contribution in [0.2, 0.25) is 0 Å². The number of amidine groups is 1. The van der Waals surface area contributed by atoms with Gasteiger partial charge in [-0.3, -0.25) is 19.3 Å². The molecule has 2 aromatic carbocycles. The van der Waals surface area contributed by atoms with E-state index in [0.29, 0.717) is 11.1 Å². The average molecular weight is 400 g/mol. The number of rotatable bonds is 5. The van der Waals surface area contributed by atoms with Crippen molar-refractivity contribution in [1.82, 2.24) is 4.72 Å². The molecule has 28 heavy (non-hydrogen) atoms. The maximum absolute atomic E-state index is 12.4. The first kappa shape index (κ1) is 19.8. The Morgan fingerprint density at radius 2 is 1.82 bits per heavy atom. The maximum Gasteiger partial charge on any atom is 0.328 e. The predicted molar refractivity (Wildman–Crippen MR) is 104 cm³/mol. The van der Waals surface area contributed by atoms with Crippen molar-refractivity contribution in [3.63, 3.8) is 0 Å². The molecule has 0 saturated carbocycles. The molecule has 0 saturated heterocycles. The van der Waals surface area contributed by atoms with Crippen LogP contribution in [0.3, 0.4) is 0 Å². The highest BCUT2D eigenvalue weighted by molar-refractivity contribution is 7.90. The summed E-state index contributed by atoms with van der Waals surface area (Å²) in [5.74, 6) is -0.947. The number of aliphatic imine (C=N–C) groups is 1. The van der Waals surface area contributed by atoms with Gasteiger partial charge < -0.3 is 4.74 Å². The lowest BCUT2D eigenvalue weighted by Gasteiger charge is -2.12. The van der Waals surface area contributed by atoms with Gasteiger partial charge in [-0.25, -0.2) is 8.42 Å². The molecule has 1 atom stereocenters. The summed E-state index contributed by atoms with van der Waals surface area (Å²) in [6, 6.07) is 11.6. The number of Topliss-reactive ketones (excluding diaryl/α,β-unsaturated/α-hetero) is 1. The van der Waals surface area contributed by atoms with Crippen LogP contribution in [0.25, 0.3) is 0 Å². The third kappa shape index (κ3) is 3.96. The monoisotopic (exact) mass is 400 g/mol. The molecule has 3 rings (SSSR count). The highest BCUT2D eigenvalue weighted by atomic mass is 32.2. The number of ketones is 1. The van der Waals surface area contributed by atoms with Crippen molar-refractivity contribution in [1.29, 1.82) is 0 Å². The van der Waals surface area contributed by atoms with Gasteiger partial charge in [0.2, 0.25) is 5.78 Å². The van der Waals surface area contributed by atoms with Crippen molar-refractivity contribution in [2.75, 3.05) is 6.54 Å². The molecule has 146 valence electrons. The van der Waals surface area contributed by atoms with E-state index in [1.165, 1.54) is 13.0 Å². The number of benzene rings is 2. The fourth-order valence-corrected chi connectivity index (χ4v) is 4.06. The number of carbonyl (C=O) groups excluding carboxylic acids is 2. The Kier molecular flexibility index (Phi) is 5.33. The van der Waals surface area contributed by atoms with E-state index in [1.54, 1.807) is 30.3 Å². The number of sulfonamides is 1. The van der Waals surface area contributed by atoms with E-state index in [4.69, 9.17) is 4.74 Å². The van der Waals surface area contributed by atoms with E-state index in [0.717, 1.165) is 11.1 Å². The Morgan fingerprint density at radius 3 is 2.54 bits per heavy atom. The summed E-state index contributed by atoms with van der Waals surface area (Å²) in [6.07, 6.45) is -0.970. The van der Waals surface area contributed by atoms with Crippen molar-refractivity contribution in [3.05, 3.63) is 64.7 Å². The summed E-state index contributed by atoms with van der Waals surface area (Å²) in [5, 5.41) is 0. The van der Waals surface area contributed by atoms with Gasteiger partial charge in [0.15, 0.2) is 6.10 Å². The van der Waals surface area contributed by atoms with Crippen LogP contribution < -0.4 is 4.72 Å². The Balaban J connectivity index is 1.67. The summed E-state index contributed by atoms with van der Waals surface area (Å²) in [5.41, 5.74) is 2.90. The molecule has 0 aromatic heterocycles. The van der Waals surface area contributed by atoms with Crippen LogP contribution in [0.5, 0.6) is 0 Å². The SMILES string of the molecule is Cc1ccc(C(=O)[C@@H](C)OC(=O)CN=C2NS(=O)(=O)c3ccccc32)cc1C. The minimum absolute atomic E-state index is 0.0840. The van der Waals surface area contributed by atoms with Gasteiger partial charge in [0.25, 0.3) is 10.0 Å². The number of hydrogen-bond acceptors (Lipinski definition) is 6. The molecule has 8 heteroatoms. The van der Waals surface area contributed by atoms with Crippen LogP contribution in [-0.4, -0.2) is 38.7 Å². The maximum atomic E-state index is 12.4. The van der Waals surface area contributed by atoms with E-state index in [1.807, 2.05) is 19.9 Å². The van der Waals surface area contributed by atoms with Crippen molar-refractivity contribution in [2.24, 2.45) is 4.99 Å². The second-order valence-corrected chi connectivity index (χ2v) is 8.21. The molecule has 0 fully saturated rings. The van der Waals surface area contributed by atoms with Gasteiger partial charge in [0.1, 0.15) is 12.4 Å². The number of ether oxygens (including phenoxy) is 1. The third-order valence-electron chi connectivity index (χ3n) is 4.50. The van der Waals surface area contributed by atoms with E-state index >= 15 is 0 Å². The van der Waals surface area contributed by atoms with Gasteiger partial charge in [-0.1, -0.05) is 24.3 Å². The lowest BCUT2D eigenvalue weighted by atomic mass is 10.0. The minimum atomic E-state index is -3.67. The van der Waals surface area contributed by atoms with E-state index in [2.05, 4.69) is 9.71 Å². The summed E-state index contributed by atoms with van der Waals surface area (Å²) >= 11 is 0. The predicted octanol–water partition coefficient (Wildman–Crippen LogP) is 2.16. The Labute approximate surface area is 163 Å². The number of nitrogens with zero attached hydrogens (tertiary/aromatic N) is 1. The highest BCUT2D eigenvalue weighted by Gasteiger charge is 2.30. The molecule has 1 aliphatic rings. The molecule has 0 aliphatic carbocycles. The normalized spacial score (nSPS) is 16.9. The lowest BCUT2D eigenvalue weighted by Crippen LogP contribution is -2.27. The Hall–Kier alpha value is -3.00. The van der Waals surface area contributed by atoms with Crippen molar-refractivity contribution < 1.29 is 22.7 Å². The van der Waals surface area contributed by atoms with Gasteiger partial charge in [0.05, 0.1) is 4.90 Å². The zero-order chi connectivity index (χ0) is 20.5. The van der Waals surface area contributed by atoms with Crippen LogP contribution in [0.15, 0.2) is 52.4 Å². The molecule has 1 N–H and O–H groups in total. The number of aryl methyl sites for hydroxylation is 2. The highest BCUT2D eigenvalue weighted by Crippen LogP contribution is 2.22. The fourth-order valence-electron chi connectivity index (χ4n) is 2.81. The van der Waals surface area contributed by atoms with Gasteiger partial charge in [-0.05, 0) is 50.1 Å². The average Bonchev–Trinajstić information content (AvgIpc) is 2.92. The van der Waals surface area contributed by atoms with Gasteiger partial charge in [-0.15, -0.1) is 0 Å². The number of esters is 1. The molecule has 0 radical (unpaired) electrons. The molecule has 1 heterocycles. The quantitative estimate of drug-likeness (QED) is 0.612. The summed E-state index contributed by atoms with van der Waals surface area (Å²) in [7, 11) is -3.67. The zero-order valence-electron chi connectivity index (χ0n) is 15.7. The van der Waals surface area contributed by atoms with Gasteiger partial charge in [0, 0.05) is 11.1 Å². The van der Waals surface area contributed by atoms with Crippen LogP contribution in [-0.2, 0) is 19.6 Å². The standard InChI is InChI=1S/C20H20N2O5S/c1-12-8-9-15(10-13(12)2)19(24)14(3)27-18(23)11-21-20-16-6-4-5-7-17(16)28(25,26)22-20/h4-10,14H,11H2,1-3H3,(H,21,22)/t14-/m1/s1. The Bertz CT molecular complexity index is 1090. The number of carbonyl (C=O) groups is 2. The van der Waals surface area contributed by atoms with E-state index < -0.39 is 28.6 Å². The zero-order valence-corrected chi connectivity index (χ0v) is 16.5. The second kappa shape index (κ2) is 7.55. The topological polar surface area (TPSA) is 102 Å². The smallest absolute Gasteiger partial charge is 0.328 e. The third-order valence-corrected chi connectivity index (χ3v) is 5.89. The first-order valence-corrected chi connectivity index (χ1v) is 10.1. The van der Waals surface area contributed by atoms with Crippen LogP contribution in [0, 0.1) is 13.8 Å². The van der Waals surface area contributed by atoms with Crippen molar-refractivity contribution in [2.45, 2.75) is 31.8 Å². The number of nitrogens with one attached hydrogen (secondary N) is 1. The minimum Gasteiger partial charge on any atom is -0.453 e.